The maximum absolute atomic E-state index is 12.2. The summed E-state index contributed by atoms with van der Waals surface area (Å²) in [5.74, 6) is 0.0309. The predicted molar refractivity (Wildman–Crippen MR) is 99.2 cm³/mol. The van der Waals surface area contributed by atoms with Crippen LogP contribution in [0.3, 0.4) is 0 Å². The summed E-state index contributed by atoms with van der Waals surface area (Å²) >= 11 is 0. The number of nitrogens with one attached hydrogen (secondary N) is 3. The summed E-state index contributed by atoms with van der Waals surface area (Å²) in [7, 11) is 0. The predicted octanol–water partition coefficient (Wildman–Crippen LogP) is 0.544. The van der Waals surface area contributed by atoms with Crippen LogP contribution in [-0.2, 0) is 16.1 Å². The molecule has 26 heavy (non-hydrogen) atoms. The smallest absolute Gasteiger partial charge is 0.251 e. The van der Waals surface area contributed by atoms with Gasteiger partial charge in [-0.05, 0) is 55.5 Å². The summed E-state index contributed by atoms with van der Waals surface area (Å²) in [6.45, 7) is 4.44. The first-order valence-electron chi connectivity index (χ1n) is 9.08. The Bertz CT molecular complexity index is 624. The third kappa shape index (κ3) is 6.48. The maximum Gasteiger partial charge on any atom is 0.251 e. The quantitative estimate of drug-likeness (QED) is 0.542. The number of rotatable bonds is 8. The minimum atomic E-state index is -0.587. The van der Waals surface area contributed by atoms with Crippen LogP contribution in [0, 0.1) is 11.8 Å². The average molecular weight is 360 g/mol. The van der Waals surface area contributed by atoms with E-state index in [0.29, 0.717) is 30.4 Å². The second-order valence-electron chi connectivity index (χ2n) is 6.91. The minimum absolute atomic E-state index is 0.0475. The van der Waals surface area contributed by atoms with E-state index in [0.717, 1.165) is 18.7 Å². The van der Waals surface area contributed by atoms with Crippen LogP contribution in [0.2, 0.25) is 0 Å². The molecule has 0 radical (unpaired) electrons. The lowest BCUT2D eigenvalue weighted by atomic mass is 9.85. The molecule has 142 valence electrons. The van der Waals surface area contributed by atoms with Crippen molar-refractivity contribution in [2.24, 2.45) is 17.6 Å². The zero-order valence-electron chi connectivity index (χ0n) is 15.2. The van der Waals surface area contributed by atoms with E-state index in [1.807, 2.05) is 0 Å². The van der Waals surface area contributed by atoms with Crippen molar-refractivity contribution in [1.29, 1.82) is 0 Å². The number of hydrogen-bond donors (Lipinski definition) is 4. The van der Waals surface area contributed by atoms with Gasteiger partial charge in [0.1, 0.15) is 0 Å². The Hall–Kier alpha value is -2.41. The third-order valence-electron chi connectivity index (χ3n) is 4.78. The SMILES string of the molecule is CC(CC(=O)NCc1ccc(C(=O)NCC(N)=O)cc1)C1CCCNC1. The zero-order chi connectivity index (χ0) is 18.9. The molecule has 2 atom stereocenters. The van der Waals surface area contributed by atoms with E-state index >= 15 is 0 Å². The Morgan fingerprint density at radius 1 is 1.23 bits per heavy atom. The molecule has 0 aliphatic carbocycles. The van der Waals surface area contributed by atoms with Gasteiger partial charge in [0.25, 0.3) is 5.91 Å². The summed E-state index contributed by atoms with van der Waals surface area (Å²) in [5.41, 5.74) is 6.35. The molecule has 7 heteroatoms. The molecule has 0 aromatic heterocycles. The standard InChI is InChI=1S/C19H28N4O3/c1-13(16-3-2-8-21-11-16)9-18(25)22-10-14-4-6-15(7-5-14)19(26)23-12-17(20)24/h4-7,13,16,21H,2-3,8-12H2,1H3,(H2,20,24)(H,22,25)(H,23,26). The summed E-state index contributed by atoms with van der Waals surface area (Å²) in [6, 6.07) is 6.89. The molecule has 1 aromatic carbocycles. The van der Waals surface area contributed by atoms with E-state index in [2.05, 4.69) is 22.9 Å². The molecule has 1 saturated heterocycles. The Labute approximate surface area is 154 Å². The van der Waals surface area contributed by atoms with Crippen molar-refractivity contribution in [3.63, 3.8) is 0 Å². The first kappa shape index (κ1) is 19.9. The molecule has 0 bridgehead atoms. The molecular weight excluding hydrogens is 332 g/mol. The van der Waals surface area contributed by atoms with Crippen LogP contribution in [0.15, 0.2) is 24.3 Å². The Balaban J connectivity index is 1.75. The Kier molecular flexibility index (Phi) is 7.59. The maximum atomic E-state index is 12.2. The van der Waals surface area contributed by atoms with Gasteiger partial charge in [0.15, 0.2) is 0 Å². The van der Waals surface area contributed by atoms with Gasteiger partial charge < -0.3 is 21.7 Å². The highest BCUT2D eigenvalue weighted by molar-refractivity contribution is 5.96. The first-order valence-corrected chi connectivity index (χ1v) is 9.08. The van der Waals surface area contributed by atoms with Crippen LogP contribution in [0.25, 0.3) is 0 Å². The fraction of sp³-hybridized carbons (Fsp3) is 0.526. The second kappa shape index (κ2) is 9.91. The van der Waals surface area contributed by atoms with Gasteiger partial charge in [-0.25, -0.2) is 0 Å². The molecule has 1 heterocycles. The average Bonchev–Trinajstić information content (AvgIpc) is 2.65. The van der Waals surface area contributed by atoms with Gasteiger partial charge in [-0.2, -0.15) is 0 Å². The lowest BCUT2D eigenvalue weighted by Crippen LogP contribution is -2.35. The van der Waals surface area contributed by atoms with Crippen molar-refractivity contribution in [3.05, 3.63) is 35.4 Å². The lowest BCUT2D eigenvalue weighted by molar-refractivity contribution is -0.122. The molecule has 1 fully saturated rings. The molecule has 3 amide bonds. The summed E-state index contributed by atoms with van der Waals surface area (Å²) < 4.78 is 0. The topological polar surface area (TPSA) is 113 Å². The van der Waals surface area contributed by atoms with Crippen LogP contribution >= 0.6 is 0 Å². The van der Waals surface area contributed by atoms with Crippen LogP contribution in [0.4, 0.5) is 0 Å². The summed E-state index contributed by atoms with van der Waals surface area (Å²) in [4.78, 5) is 34.6. The minimum Gasteiger partial charge on any atom is -0.368 e. The highest BCUT2D eigenvalue weighted by Crippen LogP contribution is 2.22. The fourth-order valence-corrected chi connectivity index (χ4v) is 3.14. The molecule has 0 saturated carbocycles. The van der Waals surface area contributed by atoms with Gasteiger partial charge in [0.05, 0.1) is 6.54 Å². The van der Waals surface area contributed by atoms with Crippen LogP contribution in [-0.4, -0.2) is 37.4 Å². The number of carbonyl (C=O) groups excluding carboxylic acids is 3. The van der Waals surface area contributed by atoms with Gasteiger partial charge in [-0.1, -0.05) is 19.1 Å². The molecule has 1 aliphatic rings. The number of amides is 3. The lowest BCUT2D eigenvalue weighted by Gasteiger charge is -2.28. The normalized spacial score (nSPS) is 18.0. The number of primary amides is 1. The van der Waals surface area contributed by atoms with E-state index < -0.39 is 5.91 Å². The number of nitrogens with two attached hydrogens (primary N) is 1. The summed E-state index contributed by atoms with van der Waals surface area (Å²) in [5, 5.41) is 8.76. The van der Waals surface area contributed by atoms with Crippen molar-refractivity contribution in [2.45, 2.75) is 32.7 Å². The van der Waals surface area contributed by atoms with Gasteiger partial charge in [-0.3, -0.25) is 14.4 Å². The van der Waals surface area contributed by atoms with E-state index in [-0.39, 0.29) is 18.4 Å². The van der Waals surface area contributed by atoms with E-state index in [4.69, 9.17) is 5.73 Å². The van der Waals surface area contributed by atoms with Crippen molar-refractivity contribution in [2.75, 3.05) is 19.6 Å². The zero-order valence-corrected chi connectivity index (χ0v) is 15.2. The molecule has 7 nitrogen and oxygen atoms in total. The molecule has 0 spiro atoms. The number of piperidine rings is 1. The van der Waals surface area contributed by atoms with Gasteiger partial charge in [0.2, 0.25) is 11.8 Å². The highest BCUT2D eigenvalue weighted by atomic mass is 16.2. The van der Waals surface area contributed by atoms with E-state index in [1.54, 1.807) is 24.3 Å². The molecule has 5 N–H and O–H groups in total. The van der Waals surface area contributed by atoms with Crippen LogP contribution in [0.1, 0.15) is 42.1 Å². The van der Waals surface area contributed by atoms with Crippen molar-refractivity contribution < 1.29 is 14.4 Å². The molecule has 2 unspecified atom stereocenters. The molecule has 1 aromatic rings. The Morgan fingerprint density at radius 3 is 2.58 bits per heavy atom. The molecular formula is C19H28N4O3. The number of carbonyl (C=O) groups is 3. The van der Waals surface area contributed by atoms with Gasteiger partial charge >= 0.3 is 0 Å². The van der Waals surface area contributed by atoms with E-state index in [9.17, 15) is 14.4 Å². The molecule has 1 aliphatic heterocycles. The van der Waals surface area contributed by atoms with Crippen molar-refractivity contribution in [3.8, 4) is 0 Å². The summed E-state index contributed by atoms with van der Waals surface area (Å²) in [6.07, 6.45) is 2.89. The highest BCUT2D eigenvalue weighted by Gasteiger charge is 2.21. The van der Waals surface area contributed by atoms with Crippen LogP contribution in [0.5, 0.6) is 0 Å². The van der Waals surface area contributed by atoms with Crippen molar-refractivity contribution >= 4 is 17.7 Å². The first-order chi connectivity index (χ1) is 12.5. The molecule has 2 rings (SSSR count). The third-order valence-corrected chi connectivity index (χ3v) is 4.78. The number of hydrogen-bond acceptors (Lipinski definition) is 4. The Morgan fingerprint density at radius 2 is 1.96 bits per heavy atom. The van der Waals surface area contributed by atoms with Crippen LogP contribution < -0.4 is 21.7 Å². The van der Waals surface area contributed by atoms with Gasteiger partial charge in [0, 0.05) is 18.5 Å². The van der Waals surface area contributed by atoms with Gasteiger partial charge in [-0.15, -0.1) is 0 Å². The second-order valence-corrected chi connectivity index (χ2v) is 6.91. The number of benzene rings is 1. The fourth-order valence-electron chi connectivity index (χ4n) is 3.14. The monoisotopic (exact) mass is 360 g/mol. The largest absolute Gasteiger partial charge is 0.368 e. The van der Waals surface area contributed by atoms with E-state index in [1.165, 1.54) is 12.8 Å². The van der Waals surface area contributed by atoms with Crippen molar-refractivity contribution in [1.82, 2.24) is 16.0 Å².